The SMILES string of the molecule is Cc1[nH]c(=O)[nH]c(=O)c1CN1CCO[C@@H](CCCC(C)C)C1. The maximum absolute atomic E-state index is 11.9. The molecule has 22 heavy (non-hydrogen) atoms. The number of hydrogen-bond donors (Lipinski definition) is 2. The first kappa shape index (κ1) is 17.0. The number of morpholine rings is 1. The van der Waals surface area contributed by atoms with E-state index in [0.717, 1.165) is 25.4 Å². The molecule has 2 N–H and O–H groups in total. The van der Waals surface area contributed by atoms with Crippen LogP contribution in [0.3, 0.4) is 0 Å². The number of aryl methyl sites for hydroxylation is 1. The van der Waals surface area contributed by atoms with Crippen LogP contribution in [0.15, 0.2) is 9.59 Å². The normalized spacial score (nSPS) is 19.7. The van der Waals surface area contributed by atoms with Gasteiger partial charge in [-0.3, -0.25) is 14.7 Å². The highest BCUT2D eigenvalue weighted by atomic mass is 16.5. The molecule has 0 radical (unpaired) electrons. The van der Waals surface area contributed by atoms with Gasteiger partial charge in [0.15, 0.2) is 0 Å². The van der Waals surface area contributed by atoms with Crippen LogP contribution in [-0.4, -0.2) is 40.7 Å². The first-order valence-corrected chi connectivity index (χ1v) is 8.11. The summed E-state index contributed by atoms with van der Waals surface area (Å²) < 4.78 is 5.82. The van der Waals surface area contributed by atoms with E-state index in [4.69, 9.17) is 4.74 Å². The lowest BCUT2D eigenvalue weighted by Gasteiger charge is -2.33. The zero-order valence-electron chi connectivity index (χ0n) is 13.8. The van der Waals surface area contributed by atoms with Gasteiger partial charge in [0.05, 0.1) is 18.3 Å². The number of hydrogen-bond acceptors (Lipinski definition) is 4. The monoisotopic (exact) mass is 309 g/mol. The van der Waals surface area contributed by atoms with Gasteiger partial charge in [0.1, 0.15) is 0 Å². The lowest BCUT2D eigenvalue weighted by molar-refractivity contribution is -0.0362. The van der Waals surface area contributed by atoms with E-state index in [9.17, 15) is 9.59 Å². The Kier molecular flexibility index (Phi) is 5.97. The predicted molar refractivity (Wildman–Crippen MR) is 86.1 cm³/mol. The van der Waals surface area contributed by atoms with Crippen LogP contribution in [0.25, 0.3) is 0 Å². The van der Waals surface area contributed by atoms with Gasteiger partial charge in [-0.25, -0.2) is 4.79 Å². The van der Waals surface area contributed by atoms with E-state index in [1.54, 1.807) is 6.92 Å². The van der Waals surface area contributed by atoms with Crippen LogP contribution >= 0.6 is 0 Å². The lowest BCUT2D eigenvalue weighted by Crippen LogP contribution is -2.43. The van der Waals surface area contributed by atoms with Crippen LogP contribution in [-0.2, 0) is 11.3 Å². The Hall–Kier alpha value is -1.40. The average molecular weight is 309 g/mol. The number of aromatic amines is 2. The molecule has 6 heteroatoms. The fourth-order valence-electron chi connectivity index (χ4n) is 2.89. The molecule has 0 amide bonds. The molecule has 124 valence electrons. The van der Waals surface area contributed by atoms with Crippen LogP contribution < -0.4 is 11.2 Å². The fraction of sp³-hybridized carbons (Fsp3) is 0.750. The first-order chi connectivity index (χ1) is 10.5. The van der Waals surface area contributed by atoms with Gasteiger partial charge in [0.25, 0.3) is 5.56 Å². The Balaban J connectivity index is 1.93. The third-order valence-corrected chi connectivity index (χ3v) is 4.17. The van der Waals surface area contributed by atoms with E-state index >= 15 is 0 Å². The molecule has 0 saturated carbocycles. The van der Waals surface area contributed by atoms with E-state index in [1.165, 1.54) is 12.8 Å². The summed E-state index contributed by atoms with van der Waals surface area (Å²) in [6.07, 6.45) is 3.71. The van der Waals surface area contributed by atoms with Gasteiger partial charge >= 0.3 is 5.69 Å². The summed E-state index contributed by atoms with van der Waals surface area (Å²) in [7, 11) is 0. The summed E-state index contributed by atoms with van der Waals surface area (Å²) in [5, 5.41) is 0. The summed E-state index contributed by atoms with van der Waals surface area (Å²) >= 11 is 0. The first-order valence-electron chi connectivity index (χ1n) is 8.11. The lowest BCUT2D eigenvalue weighted by atomic mass is 10.0. The van der Waals surface area contributed by atoms with Gasteiger partial charge < -0.3 is 9.72 Å². The van der Waals surface area contributed by atoms with Crippen molar-refractivity contribution < 1.29 is 4.74 Å². The molecule has 1 atom stereocenters. The number of ether oxygens (including phenoxy) is 1. The van der Waals surface area contributed by atoms with Crippen molar-refractivity contribution in [2.75, 3.05) is 19.7 Å². The third kappa shape index (κ3) is 4.81. The van der Waals surface area contributed by atoms with Crippen LogP contribution in [0.4, 0.5) is 0 Å². The largest absolute Gasteiger partial charge is 0.376 e. The van der Waals surface area contributed by atoms with E-state index in [1.807, 2.05) is 0 Å². The Morgan fingerprint density at radius 2 is 2.09 bits per heavy atom. The highest BCUT2D eigenvalue weighted by Gasteiger charge is 2.21. The van der Waals surface area contributed by atoms with E-state index in [0.29, 0.717) is 24.4 Å². The molecule has 0 unspecified atom stereocenters. The van der Waals surface area contributed by atoms with Crippen molar-refractivity contribution in [2.24, 2.45) is 5.92 Å². The maximum atomic E-state index is 11.9. The Morgan fingerprint density at radius 1 is 1.32 bits per heavy atom. The van der Waals surface area contributed by atoms with Crippen molar-refractivity contribution in [2.45, 2.75) is 52.7 Å². The number of rotatable bonds is 6. The van der Waals surface area contributed by atoms with Crippen molar-refractivity contribution in [1.29, 1.82) is 0 Å². The van der Waals surface area contributed by atoms with E-state index in [-0.39, 0.29) is 11.7 Å². The minimum absolute atomic E-state index is 0.245. The maximum Gasteiger partial charge on any atom is 0.325 e. The van der Waals surface area contributed by atoms with Crippen LogP contribution in [0.1, 0.15) is 44.4 Å². The van der Waals surface area contributed by atoms with Crippen LogP contribution in [0, 0.1) is 12.8 Å². The van der Waals surface area contributed by atoms with Crippen molar-refractivity contribution in [3.8, 4) is 0 Å². The van der Waals surface area contributed by atoms with Crippen molar-refractivity contribution in [1.82, 2.24) is 14.9 Å². The molecule has 2 rings (SSSR count). The number of H-pyrrole nitrogens is 2. The average Bonchev–Trinajstić information content (AvgIpc) is 2.43. The zero-order valence-corrected chi connectivity index (χ0v) is 13.8. The molecule has 0 aromatic carbocycles. The minimum Gasteiger partial charge on any atom is -0.376 e. The predicted octanol–water partition coefficient (Wildman–Crippen LogP) is 1.40. The fourth-order valence-corrected chi connectivity index (χ4v) is 2.89. The smallest absolute Gasteiger partial charge is 0.325 e. The molecule has 0 spiro atoms. The van der Waals surface area contributed by atoms with E-state index in [2.05, 4.69) is 28.7 Å². The molecule has 2 heterocycles. The number of nitrogens with one attached hydrogen (secondary N) is 2. The van der Waals surface area contributed by atoms with Crippen molar-refractivity contribution in [3.05, 3.63) is 32.1 Å². The van der Waals surface area contributed by atoms with Crippen molar-refractivity contribution >= 4 is 0 Å². The quantitative estimate of drug-likeness (QED) is 0.832. The van der Waals surface area contributed by atoms with Gasteiger partial charge in [-0.1, -0.05) is 26.7 Å². The highest BCUT2D eigenvalue weighted by molar-refractivity contribution is 5.14. The Morgan fingerprint density at radius 3 is 2.77 bits per heavy atom. The molecule has 1 aliphatic heterocycles. The molecule has 1 aromatic rings. The Labute approximate surface area is 130 Å². The minimum atomic E-state index is -0.445. The topological polar surface area (TPSA) is 78.2 Å². The summed E-state index contributed by atoms with van der Waals surface area (Å²) in [6, 6.07) is 0. The molecule has 6 nitrogen and oxygen atoms in total. The van der Waals surface area contributed by atoms with E-state index < -0.39 is 5.69 Å². The molecule has 1 fully saturated rings. The zero-order chi connectivity index (χ0) is 16.1. The summed E-state index contributed by atoms with van der Waals surface area (Å²) in [4.78, 5) is 30.4. The number of aromatic nitrogens is 2. The van der Waals surface area contributed by atoms with Gasteiger partial charge in [-0.15, -0.1) is 0 Å². The van der Waals surface area contributed by atoms with Gasteiger partial charge in [-0.05, 0) is 19.3 Å². The van der Waals surface area contributed by atoms with Crippen molar-refractivity contribution in [3.63, 3.8) is 0 Å². The molecule has 1 saturated heterocycles. The molecule has 0 aliphatic carbocycles. The molecule has 0 bridgehead atoms. The number of nitrogens with zero attached hydrogens (tertiary/aromatic N) is 1. The second-order valence-corrected chi connectivity index (χ2v) is 6.56. The summed E-state index contributed by atoms with van der Waals surface area (Å²) in [5.41, 5.74) is 0.558. The second kappa shape index (κ2) is 7.74. The van der Waals surface area contributed by atoms with Crippen LogP contribution in [0.5, 0.6) is 0 Å². The summed E-state index contributed by atoms with van der Waals surface area (Å²) in [5.74, 6) is 0.724. The van der Waals surface area contributed by atoms with Gasteiger partial charge in [0, 0.05) is 25.3 Å². The summed E-state index contributed by atoms with van der Waals surface area (Å²) in [6.45, 7) is 9.16. The molecule has 1 aromatic heterocycles. The molecular formula is C16H27N3O3. The second-order valence-electron chi connectivity index (χ2n) is 6.56. The van der Waals surface area contributed by atoms with Gasteiger partial charge in [0.2, 0.25) is 0 Å². The third-order valence-electron chi connectivity index (χ3n) is 4.17. The van der Waals surface area contributed by atoms with Gasteiger partial charge in [-0.2, -0.15) is 0 Å². The molecule has 1 aliphatic rings. The van der Waals surface area contributed by atoms with Crippen LogP contribution in [0.2, 0.25) is 0 Å². The standard InChI is InChI=1S/C16H27N3O3/c1-11(2)5-4-6-13-9-19(7-8-22-13)10-14-12(3)17-16(21)18-15(14)20/h11,13H,4-10H2,1-3H3,(H2,17,18,20,21)/t13-/m0/s1. The Bertz CT molecular complexity index is 591. The highest BCUT2D eigenvalue weighted by Crippen LogP contribution is 2.16. The molecular weight excluding hydrogens is 282 g/mol.